The standard InChI is InChI=1S/C24H25N5OS/c1-5-21-26-27-24-29(21)28-23(31-24)19-10-6-16(4)20(14-19)25-22(30)13-9-17-7-11-18(12-8-17)15(2)3/h6-15H,5H2,1-4H3,(H,25,30)/b13-9+. The number of hydrogen-bond acceptors (Lipinski definition) is 5. The number of aromatic nitrogens is 4. The molecule has 4 rings (SSSR count). The van der Waals surface area contributed by atoms with Crippen LogP contribution in [-0.4, -0.2) is 25.7 Å². The van der Waals surface area contributed by atoms with Crippen LogP contribution in [0, 0.1) is 6.92 Å². The number of carbonyl (C=O) groups is 1. The van der Waals surface area contributed by atoms with E-state index < -0.39 is 0 Å². The molecule has 0 aliphatic heterocycles. The molecule has 2 aromatic heterocycles. The summed E-state index contributed by atoms with van der Waals surface area (Å²) >= 11 is 1.48. The minimum Gasteiger partial charge on any atom is -0.322 e. The Kier molecular flexibility index (Phi) is 5.95. The van der Waals surface area contributed by atoms with Gasteiger partial charge in [0.15, 0.2) is 5.82 Å². The zero-order valence-electron chi connectivity index (χ0n) is 18.1. The molecule has 0 spiro atoms. The number of carbonyl (C=O) groups excluding carboxylic acids is 1. The molecule has 0 aliphatic rings. The molecule has 2 heterocycles. The molecule has 7 heteroatoms. The average molecular weight is 432 g/mol. The summed E-state index contributed by atoms with van der Waals surface area (Å²) in [4.78, 5) is 13.3. The lowest BCUT2D eigenvalue weighted by atomic mass is 10.0. The van der Waals surface area contributed by atoms with Gasteiger partial charge in [0.1, 0.15) is 5.01 Å². The van der Waals surface area contributed by atoms with Crippen LogP contribution >= 0.6 is 11.3 Å². The number of nitrogens with zero attached hydrogens (tertiary/aromatic N) is 4. The molecular weight excluding hydrogens is 406 g/mol. The highest BCUT2D eigenvalue weighted by molar-refractivity contribution is 7.19. The smallest absolute Gasteiger partial charge is 0.248 e. The van der Waals surface area contributed by atoms with E-state index in [1.54, 1.807) is 10.6 Å². The van der Waals surface area contributed by atoms with Crippen molar-refractivity contribution in [3.8, 4) is 10.6 Å². The lowest BCUT2D eigenvalue weighted by Gasteiger charge is -2.08. The van der Waals surface area contributed by atoms with Crippen molar-refractivity contribution in [2.24, 2.45) is 0 Å². The van der Waals surface area contributed by atoms with E-state index >= 15 is 0 Å². The van der Waals surface area contributed by atoms with E-state index in [4.69, 9.17) is 0 Å². The van der Waals surface area contributed by atoms with E-state index in [1.807, 2.05) is 50.3 Å². The topological polar surface area (TPSA) is 72.2 Å². The molecule has 0 atom stereocenters. The molecule has 31 heavy (non-hydrogen) atoms. The third-order valence-corrected chi connectivity index (χ3v) is 6.09. The van der Waals surface area contributed by atoms with Gasteiger partial charge in [-0.3, -0.25) is 4.79 Å². The molecule has 6 nitrogen and oxygen atoms in total. The van der Waals surface area contributed by atoms with Gasteiger partial charge in [0.05, 0.1) is 0 Å². The quantitative estimate of drug-likeness (QED) is 0.409. The SMILES string of the molecule is CCc1nnc2sc(-c3ccc(C)c(NC(=O)/C=C/c4ccc(C(C)C)cc4)c3)nn12. The van der Waals surface area contributed by atoms with Crippen molar-refractivity contribution in [3.63, 3.8) is 0 Å². The Morgan fingerprint density at radius 3 is 2.65 bits per heavy atom. The van der Waals surface area contributed by atoms with Crippen molar-refractivity contribution in [1.29, 1.82) is 0 Å². The second kappa shape index (κ2) is 8.81. The number of rotatable bonds is 6. The third-order valence-electron chi connectivity index (χ3n) is 5.14. The number of aryl methyl sites for hydroxylation is 2. The molecule has 0 saturated heterocycles. The van der Waals surface area contributed by atoms with Gasteiger partial charge < -0.3 is 5.32 Å². The maximum Gasteiger partial charge on any atom is 0.248 e. The van der Waals surface area contributed by atoms with Crippen molar-refractivity contribution in [3.05, 3.63) is 71.1 Å². The van der Waals surface area contributed by atoms with Gasteiger partial charge in [-0.2, -0.15) is 9.61 Å². The lowest BCUT2D eigenvalue weighted by molar-refractivity contribution is -0.111. The van der Waals surface area contributed by atoms with Gasteiger partial charge in [0, 0.05) is 23.7 Å². The lowest BCUT2D eigenvalue weighted by Crippen LogP contribution is -2.09. The van der Waals surface area contributed by atoms with Crippen LogP contribution < -0.4 is 5.32 Å². The van der Waals surface area contributed by atoms with Crippen LogP contribution in [-0.2, 0) is 11.2 Å². The summed E-state index contributed by atoms with van der Waals surface area (Å²) in [6.07, 6.45) is 4.16. The van der Waals surface area contributed by atoms with Crippen LogP contribution in [0.1, 0.15) is 49.2 Å². The molecule has 1 N–H and O–H groups in total. The summed E-state index contributed by atoms with van der Waals surface area (Å²) < 4.78 is 1.78. The van der Waals surface area contributed by atoms with Gasteiger partial charge in [-0.15, -0.1) is 10.2 Å². The maximum atomic E-state index is 12.5. The molecule has 2 aromatic carbocycles. The molecule has 0 bridgehead atoms. The van der Waals surface area contributed by atoms with E-state index in [0.717, 1.165) is 44.6 Å². The van der Waals surface area contributed by atoms with Crippen molar-refractivity contribution < 1.29 is 4.79 Å². The number of anilines is 1. The number of amides is 1. The van der Waals surface area contributed by atoms with Crippen LogP contribution in [0.25, 0.3) is 21.6 Å². The van der Waals surface area contributed by atoms with E-state index in [2.05, 4.69) is 46.6 Å². The van der Waals surface area contributed by atoms with Gasteiger partial charge >= 0.3 is 0 Å². The summed E-state index contributed by atoms with van der Waals surface area (Å²) in [6, 6.07) is 14.2. The Balaban J connectivity index is 1.51. The zero-order chi connectivity index (χ0) is 22.0. The highest BCUT2D eigenvalue weighted by atomic mass is 32.1. The van der Waals surface area contributed by atoms with Gasteiger partial charge in [-0.1, -0.05) is 68.5 Å². The Hall–Kier alpha value is -3.32. The summed E-state index contributed by atoms with van der Waals surface area (Å²) in [7, 11) is 0. The number of nitrogens with one attached hydrogen (secondary N) is 1. The van der Waals surface area contributed by atoms with Crippen LogP contribution in [0.5, 0.6) is 0 Å². The second-order valence-electron chi connectivity index (χ2n) is 7.75. The number of hydrogen-bond donors (Lipinski definition) is 1. The highest BCUT2D eigenvalue weighted by Gasteiger charge is 2.13. The Bertz CT molecular complexity index is 1250. The predicted molar refractivity (Wildman–Crippen MR) is 126 cm³/mol. The first-order valence-corrected chi connectivity index (χ1v) is 11.2. The average Bonchev–Trinajstić information content (AvgIpc) is 3.35. The van der Waals surface area contributed by atoms with E-state index in [-0.39, 0.29) is 5.91 Å². The van der Waals surface area contributed by atoms with Gasteiger partial charge in [-0.25, -0.2) is 0 Å². The second-order valence-corrected chi connectivity index (χ2v) is 8.70. The number of benzene rings is 2. The first kappa shape index (κ1) is 20.9. The third kappa shape index (κ3) is 4.56. The van der Waals surface area contributed by atoms with Crippen molar-refractivity contribution in [2.45, 2.75) is 40.0 Å². The minimum absolute atomic E-state index is 0.167. The molecule has 4 aromatic rings. The first-order valence-electron chi connectivity index (χ1n) is 10.4. The van der Waals surface area contributed by atoms with Crippen LogP contribution in [0.3, 0.4) is 0 Å². The molecular formula is C24H25N5OS. The molecule has 0 fully saturated rings. The zero-order valence-corrected chi connectivity index (χ0v) is 18.9. The summed E-state index contributed by atoms with van der Waals surface area (Å²) in [5, 5.41) is 16.8. The Labute approximate surface area is 185 Å². The van der Waals surface area contributed by atoms with Crippen LogP contribution in [0.2, 0.25) is 0 Å². The normalized spacial score (nSPS) is 11.6. The molecule has 158 valence electrons. The maximum absolute atomic E-state index is 12.5. The minimum atomic E-state index is -0.167. The Morgan fingerprint density at radius 1 is 1.16 bits per heavy atom. The van der Waals surface area contributed by atoms with E-state index in [0.29, 0.717) is 5.92 Å². The van der Waals surface area contributed by atoms with Gasteiger partial charge in [0.25, 0.3) is 0 Å². The fourth-order valence-corrected chi connectivity index (χ4v) is 4.08. The molecule has 0 aliphatic carbocycles. The van der Waals surface area contributed by atoms with Gasteiger partial charge in [0.2, 0.25) is 10.9 Å². The molecule has 0 radical (unpaired) electrons. The Morgan fingerprint density at radius 2 is 1.94 bits per heavy atom. The van der Waals surface area contributed by atoms with Crippen molar-refractivity contribution >= 4 is 34.0 Å². The van der Waals surface area contributed by atoms with Gasteiger partial charge in [-0.05, 0) is 41.7 Å². The molecule has 0 unspecified atom stereocenters. The van der Waals surface area contributed by atoms with E-state index in [9.17, 15) is 4.79 Å². The first-order chi connectivity index (χ1) is 14.9. The van der Waals surface area contributed by atoms with Crippen molar-refractivity contribution in [1.82, 2.24) is 19.8 Å². The fraction of sp³-hybridized carbons (Fsp3) is 0.250. The summed E-state index contributed by atoms with van der Waals surface area (Å²) in [5.41, 5.74) is 4.97. The molecule has 0 saturated carbocycles. The predicted octanol–water partition coefficient (Wildman–Crippen LogP) is 5.50. The largest absolute Gasteiger partial charge is 0.322 e. The van der Waals surface area contributed by atoms with Crippen LogP contribution in [0.4, 0.5) is 5.69 Å². The highest BCUT2D eigenvalue weighted by Crippen LogP contribution is 2.29. The summed E-state index contributed by atoms with van der Waals surface area (Å²) in [5.74, 6) is 1.16. The monoisotopic (exact) mass is 431 g/mol. The summed E-state index contributed by atoms with van der Waals surface area (Å²) in [6.45, 7) is 8.33. The molecule has 1 amide bonds. The number of fused-ring (bicyclic) bond motifs is 1. The van der Waals surface area contributed by atoms with Crippen LogP contribution in [0.15, 0.2) is 48.5 Å². The fourth-order valence-electron chi connectivity index (χ4n) is 3.22. The van der Waals surface area contributed by atoms with E-state index in [1.165, 1.54) is 16.9 Å². The van der Waals surface area contributed by atoms with Crippen molar-refractivity contribution in [2.75, 3.05) is 5.32 Å².